The number of ketones is 1. The summed E-state index contributed by atoms with van der Waals surface area (Å²) in [4.78, 5) is 24.7. The first kappa shape index (κ1) is 30.4. The molecule has 0 radical (unpaired) electrons. The fraction of sp³-hybridized carbons (Fsp3) is 0.0208. The van der Waals surface area contributed by atoms with Crippen molar-refractivity contribution in [1.29, 1.82) is 0 Å². The second-order valence-corrected chi connectivity index (χ2v) is 12.9. The minimum Gasteiger partial charge on any atom is -0.289 e. The summed E-state index contributed by atoms with van der Waals surface area (Å²) in [6.45, 7) is 0. The first-order chi connectivity index (χ1) is 25.2. The molecule has 9 rings (SSSR count). The monoisotopic (exact) mass is 652 g/mol. The van der Waals surface area contributed by atoms with Gasteiger partial charge in [0.2, 0.25) is 0 Å². The van der Waals surface area contributed by atoms with E-state index in [0.29, 0.717) is 11.4 Å². The average Bonchev–Trinajstić information content (AvgIpc) is 3.22. The Morgan fingerprint density at radius 3 is 1.49 bits per heavy atom. The molecule has 0 amide bonds. The summed E-state index contributed by atoms with van der Waals surface area (Å²) in [5.74, 6) is 0.691. The molecule has 7 aromatic carbocycles. The molecule has 1 aliphatic rings. The molecule has 0 atom stereocenters. The minimum absolute atomic E-state index is 0.0298. The van der Waals surface area contributed by atoms with Crippen molar-refractivity contribution in [1.82, 2.24) is 9.97 Å². The van der Waals surface area contributed by atoms with E-state index in [0.717, 1.165) is 67.0 Å². The second-order valence-electron chi connectivity index (χ2n) is 12.9. The van der Waals surface area contributed by atoms with Gasteiger partial charge in [0.15, 0.2) is 11.6 Å². The lowest BCUT2D eigenvalue weighted by atomic mass is 9.59. The molecule has 240 valence electrons. The van der Waals surface area contributed by atoms with E-state index < -0.39 is 5.41 Å². The third-order valence-corrected chi connectivity index (χ3v) is 10.00. The molecule has 0 unspecified atom stereocenters. The number of fused-ring (bicyclic) bond motifs is 2. The van der Waals surface area contributed by atoms with Gasteiger partial charge in [-0.25, -0.2) is 9.97 Å². The summed E-state index contributed by atoms with van der Waals surface area (Å²) in [5, 5.41) is 0. The van der Waals surface area contributed by atoms with Gasteiger partial charge in [-0.1, -0.05) is 182 Å². The molecule has 1 aromatic heterocycles. The van der Waals surface area contributed by atoms with Crippen molar-refractivity contribution < 1.29 is 4.79 Å². The van der Waals surface area contributed by atoms with Crippen LogP contribution in [0.3, 0.4) is 0 Å². The maximum atomic E-state index is 14.6. The van der Waals surface area contributed by atoms with Crippen LogP contribution in [-0.4, -0.2) is 15.8 Å². The van der Waals surface area contributed by atoms with Gasteiger partial charge in [-0.2, -0.15) is 0 Å². The Hall–Kier alpha value is -6.71. The number of rotatable bonds is 6. The third kappa shape index (κ3) is 5.10. The van der Waals surface area contributed by atoms with Gasteiger partial charge in [0.05, 0.1) is 16.8 Å². The van der Waals surface area contributed by atoms with E-state index in [2.05, 4.69) is 103 Å². The molecule has 0 saturated heterocycles. The fourth-order valence-electron chi connectivity index (χ4n) is 7.71. The smallest absolute Gasteiger partial charge is 0.193 e. The highest BCUT2D eigenvalue weighted by Gasteiger charge is 2.46. The highest BCUT2D eigenvalue weighted by molar-refractivity contribution is 6.14. The number of carbonyl (C=O) groups is 1. The van der Waals surface area contributed by atoms with Crippen LogP contribution >= 0.6 is 0 Å². The third-order valence-electron chi connectivity index (χ3n) is 10.00. The van der Waals surface area contributed by atoms with E-state index >= 15 is 0 Å². The number of nitrogens with zero attached hydrogens (tertiary/aromatic N) is 2. The maximum absolute atomic E-state index is 14.6. The van der Waals surface area contributed by atoms with Crippen molar-refractivity contribution in [3.05, 3.63) is 228 Å². The molecule has 0 aliphatic heterocycles. The van der Waals surface area contributed by atoms with Crippen LogP contribution in [0.5, 0.6) is 0 Å². The van der Waals surface area contributed by atoms with E-state index in [9.17, 15) is 4.79 Å². The Balaban J connectivity index is 1.27. The summed E-state index contributed by atoms with van der Waals surface area (Å²) < 4.78 is 0. The lowest BCUT2D eigenvalue weighted by molar-refractivity contribution is 0.103. The van der Waals surface area contributed by atoms with Gasteiger partial charge < -0.3 is 0 Å². The van der Waals surface area contributed by atoms with Crippen LogP contribution in [0.15, 0.2) is 194 Å². The molecular weight excluding hydrogens is 621 g/mol. The van der Waals surface area contributed by atoms with Crippen LogP contribution in [0.25, 0.3) is 45.0 Å². The normalized spacial score (nSPS) is 12.9. The minimum atomic E-state index is -0.678. The SMILES string of the molecule is O=C1c2ccccc2C(c2ccccc2)(c2ccccc2)c2ccc(-c3ccccc3-c3cc(-c4ccccc4)nc(-c4ccccc4)n3)cc21. The molecule has 1 heterocycles. The largest absolute Gasteiger partial charge is 0.289 e. The number of hydrogen-bond donors (Lipinski definition) is 0. The number of carbonyl (C=O) groups excluding carboxylic acids is 1. The molecule has 0 bridgehead atoms. The van der Waals surface area contributed by atoms with Crippen molar-refractivity contribution in [3.63, 3.8) is 0 Å². The highest BCUT2D eigenvalue weighted by atomic mass is 16.1. The quantitative estimate of drug-likeness (QED) is 0.180. The Bertz CT molecular complexity index is 2430. The molecule has 3 nitrogen and oxygen atoms in total. The predicted octanol–water partition coefficient (Wildman–Crippen LogP) is 11.1. The first-order valence-electron chi connectivity index (χ1n) is 17.2. The van der Waals surface area contributed by atoms with E-state index in [1.807, 2.05) is 91.0 Å². The summed E-state index contributed by atoms with van der Waals surface area (Å²) in [5.41, 5.74) is 11.5. The lowest BCUT2D eigenvalue weighted by Gasteiger charge is -2.41. The Kier molecular flexibility index (Phi) is 7.52. The highest BCUT2D eigenvalue weighted by Crippen LogP contribution is 2.51. The molecule has 8 aromatic rings. The molecule has 0 spiro atoms. The van der Waals surface area contributed by atoms with E-state index in [4.69, 9.17) is 9.97 Å². The van der Waals surface area contributed by atoms with Crippen LogP contribution in [0.2, 0.25) is 0 Å². The number of benzene rings is 7. The van der Waals surface area contributed by atoms with Gasteiger partial charge in [-0.15, -0.1) is 0 Å². The van der Waals surface area contributed by atoms with Crippen molar-refractivity contribution in [2.75, 3.05) is 0 Å². The average molecular weight is 653 g/mol. The summed E-state index contributed by atoms with van der Waals surface area (Å²) >= 11 is 0. The van der Waals surface area contributed by atoms with Gasteiger partial charge >= 0.3 is 0 Å². The topological polar surface area (TPSA) is 42.9 Å². The molecule has 0 fully saturated rings. The zero-order valence-electron chi connectivity index (χ0n) is 27.8. The molecule has 3 heteroatoms. The predicted molar refractivity (Wildman–Crippen MR) is 206 cm³/mol. The summed E-state index contributed by atoms with van der Waals surface area (Å²) in [6, 6.07) is 66.3. The van der Waals surface area contributed by atoms with Gasteiger partial charge in [-0.3, -0.25) is 4.79 Å². The van der Waals surface area contributed by atoms with E-state index in [1.165, 1.54) is 0 Å². The summed E-state index contributed by atoms with van der Waals surface area (Å²) in [7, 11) is 0. The standard InChI is InChI=1S/C48H32N2O/c51-46-40-27-15-16-28-42(40)48(36-21-9-3-10-22-36,37-23-11-4-12-24-37)43-30-29-35(31-41(43)46)38-25-13-14-26-39(38)45-32-44(33-17-5-1-6-18-33)49-47(50-45)34-19-7-2-8-20-34/h1-32H. The first-order valence-corrected chi connectivity index (χ1v) is 17.2. The van der Waals surface area contributed by atoms with Crippen LogP contribution in [0.4, 0.5) is 0 Å². The van der Waals surface area contributed by atoms with Gasteiger partial charge in [0.25, 0.3) is 0 Å². The fourth-order valence-corrected chi connectivity index (χ4v) is 7.71. The maximum Gasteiger partial charge on any atom is 0.193 e. The molecule has 0 N–H and O–H groups in total. The zero-order valence-corrected chi connectivity index (χ0v) is 27.8. The Morgan fingerprint density at radius 2 is 0.843 bits per heavy atom. The van der Waals surface area contributed by atoms with E-state index in [-0.39, 0.29) is 5.78 Å². The lowest BCUT2D eigenvalue weighted by Crippen LogP contribution is -2.38. The van der Waals surface area contributed by atoms with Gasteiger partial charge in [-0.05, 0) is 45.5 Å². The van der Waals surface area contributed by atoms with Gasteiger partial charge in [0.1, 0.15) is 0 Å². The molecule has 51 heavy (non-hydrogen) atoms. The molecule has 1 aliphatic carbocycles. The Morgan fingerprint density at radius 1 is 0.353 bits per heavy atom. The van der Waals surface area contributed by atoms with Crippen molar-refractivity contribution in [2.45, 2.75) is 5.41 Å². The van der Waals surface area contributed by atoms with Crippen LogP contribution < -0.4 is 0 Å². The van der Waals surface area contributed by atoms with Crippen molar-refractivity contribution >= 4 is 5.78 Å². The van der Waals surface area contributed by atoms with Crippen LogP contribution in [-0.2, 0) is 5.41 Å². The van der Waals surface area contributed by atoms with E-state index in [1.54, 1.807) is 0 Å². The number of aromatic nitrogens is 2. The Labute approximate surface area is 297 Å². The zero-order chi connectivity index (χ0) is 34.2. The van der Waals surface area contributed by atoms with Crippen molar-refractivity contribution in [2.24, 2.45) is 0 Å². The van der Waals surface area contributed by atoms with Gasteiger partial charge in [0, 0.05) is 27.8 Å². The molecular formula is C48H32N2O. The van der Waals surface area contributed by atoms with Crippen LogP contribution in [0.1, 0.15) is 38.2 Å². The molecule has 0 saturated carbocycles. The summed E-state index contributed by atoms with van der Waals surface area (Å²) in [6.07, 6.45) is 0. The second kappa shape index (κ2) is 12.6. The van der Waals surface area contributed by atoms with Crippen LogP contribution in [0, 0.1) is 0 Å². The number of hydrogen-bond acceptors (Lipinski definition) is 3. The van der Waals surface area contributed by atoms with Crippen molar-refractivity contribution in [3.8, 4) is 45.0 Å².